The SMILES string of the molecule is CC(=O)Oc1ccc(/C=C2\Sc3ccc(S(=O)(=O)Cc4c(F)cccc4F)cc3NC2=O)cc1[N+](=O)[O-]. The molecular formula is C24H16F2N2O7S2. The minimum absolute atomic E-state index is 0.158. The molecule has 190 valence electrons. The normalized spacial score (nSPS) is 14.1. The molecule has 0 radical (unpaired) electrons. The summed E-state index contributed by atoms with van der Waals surface area (Å²) in [6, 6.07) is 10.8. The molecule has 37 heavy (non-hydrogen) atoms. The Labute approximate surface area is 213 Å². The highest BCUT2D eigenvalue weighted by molar-refractivity contribution is 8.04. The maximum absolute atomic E-state index is 14.0. The average Bonchev–Trinajstić information content (AvgIpc) is 2.82. The van der Waals surface area contributed by atoms with Gasteiger partial charge in [0.2, 0.25) is 5.75 Å². The molecule has 13 heteroatoms. The number of nitro groups is 1. The maximum Gasteiger partial charge on any atom is 0.312 e. The van der Waals surface area contributed by atoms with E-state index >= 15 is 0 Å². The zero-order valence-electron chi connectivity index (χ0n) is 18.9. The standard InChI is InChI=1S/C24H16F2N2O7S2/c1-13(29)35-21-7-5-14(9-20(21)28(31)32)10-23-24(30)27-19-11-15(6-8-22(19)36-23)37(33,34)12-16-17(25)3-2-4-18(16)26/h2-11H,12H2,1H3,(H,27,30)/b23-10-. The minimum Gasteiger partial charge on any atom is -0.419 e. The molecule has 1 N–H and O–H groups in total. The molecule has 3 aromatic rings. The lowest BCUT2D eigenvalue weighted by molar-refractivity contribution is -0.385. The monoisotopic (exact) mass is 546 g/mol. The quantitative estimate of drug-likeness (QED) is 0.152. The lowest BCUT2D eigenvalue weighted by Crippen LogP contribution is -2.18. The van der Waals surface area contributed by atoms with Gasteiger partial charge in [-0.15, -0.1) is 0 Å². The van der Waals surface area contributed by atoms with E-state index in [0.29, 0.717) is 4.90 Å². The molecule has 1 heterocycles. The number of rotatable bonds is 6. The van der Waals surface area contributed by atoms with Crippen LogP contribution in [0.1, 0.15) is 18.1 Å². The number of halogens is 2. The molecule has 0 aromatic heterocycles. The molecule has 0 unspecified atom stereocenters. The van der Waals surface area contributed by atoms with Crippen LogP contribution in [0.3, 0.4) is 0 Å². The molecule has 4 rings (SSSR count). The molecule has 0 spiro atoms. The number of thioether (sulfide) groups is 1. The Bertz CT molecular complexity index is 1580. The van der Waals surface area contributed by atoms with Crippen LogP contribution in [0, 0.1) is 21.7 Å². The van der Waals surface area contributed by atoms with E-state index in [0.717, 1.165) is 43.0 Å². The summed E-state index contributed by atoms with van der Waals surface area (Å²) in [5, 5.41) is 13.9. The smallest absolute Gasteiger partial charge is 0.312 e. The van der Waals surface area contributed by atoms with Crippen molar-refractivity contribution in [3.8, 4) is 5.75 Å². The summed E-state index contributed by atoms with van der Waals surface area (Å²) in [6.45, 7) is 1.11. The van der Waals surface area contributed by atoms with Gasteiger partial charge in [0.25, 0.3) is 5.91 Å². The highest BCUT2D eigenvalue weighted by Gasteiger charge is 2.26. The second-order valence-electron chi connectivity index (χ2n) is 7.76. The molecule has 1 aliphatic heterocycles. The van der Waals surface area contributed by atoms with Crippen LogP contribution in [0.5, 0.6) is 5.75 Å². The van der Waals surface area contributed by atoms with Gasteiger partial charge in [-0.25, -0.2) is 17.2 Å². The highest BCUT2D eigenvalue weighted by atomic mass is 32.2. The molecule has 0 aliphatic carbocycles. The van der Waals surface area contributed by atoms with Gasteiger partial charge in [0.1, 0.15) is 11.6 Å². The number of anilines is 1. The van der Waals surface area contributed by atoms with Crippen molar-refractivity contribution in [1.82, 2.24) is 0 Å². The Morgan fingerprint density at radius 1 is 1.14 bits per heavy atom. The van der Waals surface area contributed by atoms with Crippen LogP contribution < -0.4 is 10.1 Å². The van der Waals surface area contributed by atoms with Crippen molar-refractivity contribution in [2.45, 2.75) is 22.5 Å². The number of benzene rings is 3. The topological polar surface area (TPSA) is 133 Å². The predicted molar refractivity (Wildman–Crippen MR) is 131 cm³/mol. The number of esters is 1. The minimum atomic E-state index is -4.15. The second kappa shape index (κ2) is 10.1. The fraction of sp³-hybridized carbons (Fsp3) is 0.0833. The third kappa shape index (κ3) is 5.67. The number of amides is 1. The summed E-state index contributed by atoms with van der Waals surface area (Å²) >= 11 is 0.996. The van der Waals surface area contributed by atoms with Crippen LogP contribution in [0.15, 0.2) is 69.3 Å². The van der Waals surface area contributed by atoms with Crippen LogP contribution in [0.25, 0.3) is 6.08 Å². The van der Waals surface area contributed by atoms with E-state index in [1.807, 2.05) is 0 Å². The first-order chi connectivity index (χ1) is 17.4. The van der Waals surface area contributed by atoms with Gasteiger partial charge in [0.05, 0.1) is 26.2 Å². The van der Waals surface area contributed by atoms with Crippen molar-refractivity contribution >= 4 is 50.9 Å². The fourth-order valence-corrected chi connectivity index (χ4v) is 5.76. The van der Waals surface area contributed by atoms with E-state index in [-0.39, 0.29) is 26.8 Å². The number of hydrogen-bond donors (Lipinski definition) is 1. The molecule has 1 amide bonds. The number of carbonyl (C=O) groups excluding carboxylic acids is 2. The first-order valence-corrected chi connectivity index (χ1v) is 12.9. The van der Waals surface area contributed by atoms with Gasteiger partial charge in [-0.05, 0) is 48.0 Å². The molecule has 3 aromatic carbocycles. The summed E-state index contributed by atoms with van der Waals surface area (Å²) in [5.74, 6) is -4.44. The molecule has 1 aliphatic rings. The molecule has 0 bridgehead atoms. The van der Waals surface area contributed by atoms with Gasteiger partial charge >= 0.3 is 11.7 Å². The largest absolute Gasteiger partial charge is 0.419 e. The molecule has 0 atom stereocenters. The van der Waals surface area contributed by atoms with Gasteiger partial charge in [0.15, 0.2) is 9.84 Å². The van der Waals surface area contributed by atoms with Crippen molar-refractivity contribution in [2.75, 3.05) is 5.32 Å². The molecule has 9 nitrogen and oxygen atoms in total. The molecule has 0 saturated carbocycles. The number of fused-ring (bicyclic) bond motifs is 1. The van der Waals surface area contributed by atoms with Crippen LogP contribution in [0.2, 0.25) is 0 Å². The van der Waals surface area contributed by atoms with E-state index in [1.165, 1.54) is 36.4 Å². The Morgan fingerprint density at radius 2 is 1.84 bits per heavy atom. The summed E-state index contributed by atoms with van der Waals surface area (Å²) in [4.78, 5) is 34.9. The highest BCUT2D eigenvalue weighted by Crippen LogP contribution is 2.41. The zero-order valence-corrected chi connectivity index (χ0v) is 20.5. The number of nitrogens with zero attached hydrogens (tertiary/aromatic N) is 1. The third-order valence-electron chi connectivity index (χ3n) is 5.13. The zero-order chi connectivity index (χ0) is 26.9. The van der Waals surface area contributed by atoms with Crippen LogP contribution in [-0.2, 0) is 25.2 Å². The fourth-order valence-electron chi connectivity index (χ4n) is 3.44. The lowest BCUT2D eigenvalue weighted by Gasteiger charge is -2.19. The van der Waals surface area contributed by atoms with Crippen LogP contribution >= 0.6 is 11.8 Å². The lowest BCUT2D eigenvalue weighted by atomic mass is 10.1. The van der Waals surface area contributed by atoms with E-state index < -0.39 is 55.3 Å². The van der Waals surface area contributed by atoms with E-state index in [9.17, 15) is 36.9 Å². The number of sulfone groups is 1. The second-order valence-corrected chi connectivity index (χ2v) is 10.8. The van der Waals surface area contributed by atoms with Gasteiger partial charge in [0, 0.05) is 23.4 Å². The van der Waals surface area contributed by atoms with Gasteiger partial charge in [-0.1, -0.05) is 23.9 Å². The van der Waals surface area contributed by atoms with Crippen LogP contribution in [0.4, 0.5) is 20.2 Å². The van der Waals surface area contributed by atoms with E-state index in [4.69, 9.17) is 4.74 Å². The number of nitrogens with one attached hydrogen (secondary N) is 1. The molecule has 0 saturated heterocycles. The Hall–Kier alpha value is -4.10. The number of hydrogen-bond acceptors (Lipinski definition) is 8. The summed E-state index contributed by atoms with van der Waals surface area (Å²) < 4.78 is 58.4. The third-order valence-corrected chi connectivity index (χ3v) is 7.87. The Morgan fingerprint density at radius 3 is 2.49 bits per heavy atom. The van der Waals surface area contributed by atoms with Crippen molar-refractivity contribution in [3.05, 3.63) is 92.4 Å². The van der Waals surface area contributed by atoms with Crippen molar-refractivity contribution in [3.63, 3.8) is 0 Å². The maximum atomic E-state index is 14.0. The van der Waals surface area contributed by atoms with Gasteiger partial charge in [-0.3, -0.25) is 19.7 Å². The Balaban J connectivity index is 1.61. The van der Waals surface area contributed by atoms with Crippen molar-refractivity contribution in [2.24, 2.45) is 0 Å². The van der Waals surface area contributed by atoms with E-state index in [1.54, 1.807) is 0 Å². The Kier molecular flexibility index (Phi) is 7.09. The summed E-state index contributed by atoms with van der Waals surface area (Å²) in [7, 11) is -4.15. The van der Waals surface area contributed by atoms with Gasteiger partial charge < -0.3 is 10.1 Å². The molecular weight excluding hydrogens is 530 g/mol. The van der Waals surface area contributed by atoms with Crippen molar-refractivity contribution < 1.29 is 36.4 Å². The summed E-state index contributed by atoms with van der Waals surface area (Å²) in [6.07, 6.45) is 1.39. The predicted octanol–water partition coefficient (Wildman–Crippen LogP) is 4.86. The van der Waals surface area contributed by atoms with Crippen molar-refractivity contribution in [1.29, 1.82) is 0 Å². The van der Waals surface area contributed by atoms with Gasteiger partial charge in [-0.2, -0.15) is 0 Å². The summed E-state index contributed by atoms with van der Waals surface area (Å²) in [5.41, 5.74) is -0.585. The first-order valence-electron chi connectivity index (χ1n) is 10.4. The first kappa shape index (κ1) is 26.0. The number of nitro benzene ring substituents is 1. The average molecular weight is 547 g/mol. The number of ether oxygens (including phenoxy) is 1. The molecule has 0 fully saturated rings. The van der Waals surface area contributed by atoms with E-state index in [2.05, 4.69) is 5.32 Å². The number of carbonyl (C=O) groups is 2. The van der Waals surface area contributed by atoms with Crippen LogP contribution in [-0.4, -0.2) is 25.2 Å².